The largest absolute Gasteiger partial charge is 0.374 e. The molecule has 2 aliphatic heterocycles. The molecule has 156 valence electrons. The van der Waals surface area contributed by atoms with Crippen LogP contribution in [0.15, 0.2) is 36.5 Å². The molecule has 1 aromatic heterocycles. The van der Waals surface area contributed by atoms with Crippen LogP contribution in [0.1, 0.15) is 22.4 Å². The molecule has 4 rings (SSSR count). The fourth-order valence-corrected chi connectivity index (χ4v) is 5.73. The van der Waals surface area contributed by atoms with E-state index >= 15 is 0 Å². The predicted octanol–water partition coefficient (Wildman–Crippen LogP) is 2.25. The fraction of sp³-hybridized carbons (Fsp3) is 0.476. The third kappa shape index (κ3) is 4.50. The smallest absolute Gasteiger partial charge is 0.217 e. The lowest BCUT2D eigenvalue weighted by Gasteiger charge is -2.28. The molecule has 3 heterocycles. The van der Waals surface area contributed by atoms with Gasteiger partial charge in [0.1, 0.15) is 5.82 Å². The van der Waals surface area contributed by atoms with Crippen LogP contribution in [-0.4, -0.2) is 60.2 Å². The summed E-state index contributed by atoms with van der Waals surface area (Å²) in [4.78, 5) is 6.65. The first-order valence-electron chi connectivity index (χ1n) is 9.82. The van der Waals surface area contributed by atoms with E-state index in [1.807, 2.05) is 32.0 Å². The van der Waals surface area contributed by atoms with Crippen molar-refractivity contribution in [2.24, 2.45) is 0 Å². The van der Waals surface area contributed by atoms with Crippen molar-refractivity contribution in [2.45, 2.75) is 39.1 Å². The van der Waals surface area contributed by atoms with Crippen LogP contribution in [0, 0.1) is 19.7 Å². The Balaban J connectivity index is 1.58. The summed E-state index contributed by atoms with van der Waals surface area (Å²) in [5.41, 5.74) is 3.53. The molecule has 2 atom stereocenters. The maximum atomic E-state index is 13.9. The van der Waals surface area contributed by atoms with Crippen molar-refractivity contribution in [1.29, 1.82) is 0 Å². The van der Waals surface area contributed by atoms with E-state index in [0.29, 0.717) is 25.2 Å². The number of fused-ring (bicyclic) bond motifs is 1. The van der Waals surface area contributed by atoms with E-state index in [9.17, 15) is 12.8 Å². The number of pyridine rings is 1. The predicted molar refractivity (Wildman–Crippen MR) is 108 cm³/mol. The second-order valence-electron chi connectivity index (χ2n) is 7.94. The standard InChI is InChI=1S/C21H26FN3O3S/c1-15-8-17(10-18(22)9-15)11-25-20-13-24(12-19-16(2)4-3-5-23-19)14-21(20)28-6-7-29(25,26)27/h3-5,8-10,20-21H,6-7,11-14H2,1-2H3/t20-,21+/m1/s1. The molecule has 1 aromatic carbocycles. The Morgan fingerprint density at radius 2 is 2.03 bits per heavy atom. The molecule has 0 amide bonds. The van der Waals surface area contributed by atoms with Crippen LogP contribution in [0.3, 0.4) is 0 Å². The molecule has 2 aromatic rings. The zero-order valence-electron chi connectivity index (χ0n) is 16.7. The summed E-state index contributed by atoms with van der Waals surface area (Å²) in [6.07, 6.45) is 1.57. The van der Waals surface area contributed by atoms with Gasteiger partial charge in [0.2, 0.25) is 10.0 Å². The van der Waals surface area contributed by atoms with E-state index in [4.69, 9.17) is 4.74 Å². The van der Waals surface area contributed by atoms with Crippen molar-refractivity contribution < 1.29 is 17.5 Å². The molecule has 0 bridgehead atoms. The SMILES string of the molecule is Cc1cc(F)cc(CN2[C@@H]3CN(Cc4ncccc4C)C[C@@H]3OCCS2(=O)=O)c1. The highest BCUT2D eigenvalue weighted by molar-refractivity contribution is 7.89. The number of halogens is 1. The van der Waals surface area contributed by atoms with Gasteiger partial charge in [-0.3, -0.25) is 9.88 Å². The van der Waals surface area contributed by atoms with Crippen LogP contribution < -0.4 is 0 Å². The van der Waals surface area contributed by atoms with Crippen LogP contribution >= 0.6 is 0 Å². The number of rotatable bonds is 4. The Kier molecular flexibility index (Phi) is 5.70. The van der Waals surface area contributed by atoms with Crippen molar-refractivity contribution in [3.05, 3.63) is 64.7 Å². The average molecular weight is 420 g/mol. The molecular weight excluding hydrogens is 393 g/mol. The molecule has 0 radical (unpaired) electrons. The monoisotopic (exact) mass is 419 g/mol. The minimum absolute atomic E-state index is 0.0480. The highest BCUT2D eigenvalue weighted by Gasteiger charge is 2.44. The van der Waals surface area contributed by atoms with Gasteiger partial charge >= 0.3 is 0 Å². The van der Waals surface area contributed by atoms with Gasteiger partial charge in [-0.25, -0.2) is 12.8 Å². The molecule has 0 saturated carbocycles. The summed E-state index contributed by atoms with van der Waals surface area (Å²) >= 11 is 0. The Morgan fingerprint density at radius 1 is 1.21 bits per heavy atom. The van der Waals surface area contributed by atoms with E-state index in [1.54, 1.807) is 6.20 Å². The lowest BCUT2D eigenvalue weighted by atomic mass is 10.1. The fourth-order valence-electron chi connectivity index (χ4n) is 4.23. The Morgan fingerprint density at radius 3 is 2.79 bits per heavy atom. The number of ether oxygens (including phenoxy) is 1. The van der Waals surface area contributed by atoms with E-state index in [2.05, 4.69) is 9.88 Å². The molecule has 2 saturated heterocycles. The van der Waals surface area contributed by atoms with Crippen LogP contribution in [0.4, 0.5) is 4.39 Å². The van der Waals surface area contributed by atoms with Gasteiger partial charge in [-0.1, -0.05) is 12.1 Å². The highest BCUT2D eigenvalue weighted by atomic mass is 32.2. The van der Waals surface area contributed by atoms with Gasteiger partial charge in [0.15, 0.2) is 0 Å². The number of hydrogen-bond acceptors (Lipinski definition) is 5. The molecule has 0 spiro atoms. The Labute approximate surface area is 171 Å². The summed E-state index contributed by atoms with van der Waals surface area (Å²) in [5.74, 6) is -0.396. The number of hydrogen-bond donors (Lipinski definition) is 0. The first kappa shape index (κ1) is 20.4. The zero-order valence-corrected chi connectivity index (χ0v) is 17.5. The maximum absolute atomic E-state index is 13.9. The molecule has 2 fully saturated rings. The number of likely N-dealkylation sites (tertiary alicyclic amines) is 1. The lowest BCUT2D eigenvalue weighted by molar-refractivity contribution is 0.0457. The Bertz CT molecular complexity index is 978. The van der Waals surface area contributed by atoms with Gasteiger partial charge in [-0.2, -0.15) is 4.31 Å². The molecule has 8 heteroatoms. The Hall–Kier alpha value is -1.87. The number of nitrogens with zero attached hydrogens (tertiary/aromatic N) is 3. The number of benzene rings is 1. The van der Waals surface area contributed by atoms with Crippen LogP contribution in [0.5, 0.6) is 0 Å². The normalized spacial score (nSPS) is 24.9. The van der Waals surface area contributed by atoms with Crippen molar-refractivity contribution in [3.63, 3.8) is 0 Å². The van der Waals surface area contributed by atoms with Crippen LogP contribution in [0.25, 0.3) is 0 Å². The van der Waals surface area contributed by atoms with Crippen molar-refractivity contribution in [1.82, 2.24) is 14.2 Å². The second-order valence-corrected chi connectivity index (χ2v) is 9.98. The summed E-state index contributed by atoms with van der Waals surface area (Å²) in [6.45, 7) is 6.03. The van der Waals surface area contributed by atoms with Gasteiger partial charge in [-0.05, 0) is 48.7 Å². The van der Waals surface area contributed by atoms with Crippen molar-refractivity contribution in [3.8, 4) is 0 Å². The number of aromatic nitrogens is 1. The zero-order chi connectivity index (χ0) is 20.6. The third-order valence-corrected chi connectivity index (χ3v) is 7.44. The first-order valence-corrected chi connectivity index (χ1v) is 11.4. The number of aryl methyl sites for hydroxylation is 2. The van der Waals surface area contributed by atoms with Crippen molar-refractivity contribution >= 4 is 10.0 Å². The van der Waals surface area contributed by atoms with Gasteiger partial charge < -0.3 is 4.74 Å². The maximum Gasteiger partial charge on any atom is 0.217 e. The van der Waals surface area contributed by atoms with Crippen molar-refractivity contribution in [2.75, 3.05) is 25.4 Å². The minimum Gasteiger partial charge on any atom is -0.374 e. The third-order valence-electron chi connectivity index (χ3n) is 5.64. The molecule has 0 unspecified atom stereocenters. The quantitative estimate of drug-likeness (QED) is 0.761. The van der Waals surface area contributed by atoms with Gasteiger partial charge in [0.25, 0.3) is 0 Å². The summed E-state index contributed by atoms with van der Waals surface area (Å²) in [7, 11) is -3.50. The van der Waals surface area contributed by atoms with E-state index in [-0.39, 0.29) is 36.9 Å². The van der Waals surface area contributed by atoms with E-state index in [0.717, 1.165) is 16.8 Å². The summed E-state index contributed by atoms with van der Waals surface area (Å²) in [6, 6.07) is 8.33. The molecule has 2 aliphatic rings. The lowest BCUT2D eigenvalue weighted by Crippen LogP contribution is -2.45. The average Bonchev–Trinajstić information content (AvgIpc) is 2.98. The van der Waals surface area contributed by atoms with Crippen LogP contribution in [0.2, 0.25) is 0 Å². The molecule has 6 nitrogen and oxygen atoms in total. The molecule has 0 aliphatic carbocycles. The van der Waals surface area contributed by atoms with Gasteiger partial charge in [0, 0.05) is 32.4 Å². The topological polar surface area (TPSA) is 62.7 Å². The first-order chi connectivity index (χ1) is 13.8. The second kappa shape index (κ2) is 8.10. The summed E-state index contributed by atoms with van der Waals surface area (Å²) < 4.78 is 47.2. The van der Waals surface area contributed by atoms with Crippen LogP contribution in [-0.2, 0) is 27.8 Å². The van der Waals surface area contributed by atoms with E-state index < -0.39 is 10.0 Å². The summed E-state index contributed by atoms with van der Waals surface area (Å²) in [5, 5.41) is 0. The molecule has 0 N–H and O–H groups in total. The van der Waals surface area contributed by atoms with E-state index in [1.165, 1.54) is 16.4 Å². The minimum atomic E-state index is -3.50. The van der Waals surface area contributed by atoms with Gasteiger partial charge in [-0.15, -0.1) is 0 Å². The highest BCUT2D eigenvalue weighted by Crippen LogP contribution is 2.28. The molecular formula is C21H26FN3O3S. The number of sulfonamides is 1. The molecule has 29 heavy (non-hydrogen) atoms. The van der Waals surface area contributed by atoms with Gasteiger partial charge in [0.05, 0.1) is 30.2 Å².